The molecule has 1 fully saturated rings. The zero-order valence-corrected chi connectivity index (χ0v) is 10.2. The Balaban J connectivity index is 1.79. The van der Waals surface area contributed by atoms with Gasteiger partial charge in [0.2, 0.25) is 5.91 Å². The first-order chi connectivity index (χ1) is 8.78. The van der Waals surface area contributed by atoms with Crippen LogP contribution in [0, 0.1) is 11.3 Å². The van der Waals surface area contributed by atoms with Gasteiger partial charge in [-0.3, -0.25) is 4.79 Å². The van der Waals surface area contributed by atoms with Gasteiger partial charge in [-0.05, 0) is 30.5 Å². The summed E-state index contributed by atoms with van der Waals surface area (Å²) in [4.78, 5) is 11.7. The van der Waals surface area contributed by atoms with Crippen LogP contribution in [0.15, 0.2) is 24.3 Å². The van der Waals surface area contributed by atoms with Crippen LogP contribution in [-0.4, -0.2) is 18.6 Å². The SMILES string of the molecule is N#Cc1cccc(CNC(=O)CC2CCCO2)c1. The van der Waals surface area contributed by atoms with Crippen molar-refractivity contribution >= 4 is 5.91 Å². The number of amides is 1. The first-order valence-corrected chi connectivity index (χ1v) is 6.15. The van der Waals surface area contributed by atoms with Gasteiger partial charge in [0.25, 0.3) is 0 Å². The maximum Gasteiger partial charge on any atom is 0.222 e. The van der Waals surface area contributed by atoms with Crippen molar-refractivity contribution in [3.05, 3.63) is 35.4 Å². The second-order valence-corrected chi connectivity index (χ2v) is 4.43. The Kier molecular flexibility index (Phi) is 4.32. The highest BCUT2D eigenvalue weighted by Crippen LogP contribution is 2.15. The minimum absolute atomic E-state index is 0.00395. The molecule has 0 radical (unpaired) electrons. The van der Waals surface area contributed by atoms with Crippen molar-refractivity contribution in [2.45, 2.75) is 31.9 Å². The van der Waals surface area contributed by atoms with E-state index in [1.807, 2.05) is 12.1 Å². The number of hydrogen-bond donors (Lipinski definition) is 1. The molecule has 1 heterocycles. The van der Waals surface area contributed by atoms with E-state index in [0.29, 0.717) is 18.5 Å². The Hall–Kier alpha value is -1.86. The predicted molar refractivity (Wildman–Crippen MR) is 66.6 cm³/mol. The second kappa shape index (κ2) is 6.18. The van der Waals surface area contributed by atoms with Crippen molar-refractivity contribution in [1.82, 2.24) is 5.32 Å². The third-order valence-electron chi connectivity index (χ3n) is 2.98. The summed E-state index contributed by atoms with van der Waals surface area (Å²) in [6.45, 7) is 1.23. The van der Waals surface area contributed by atoms with Gasteiger partial charge in [-0.1, -0.05) is 12.1 Å². The van der Waals surface area contributed by atoms with Crippen LogP contribution < -0.4 is 5.32 Å². The van der Waals surface area contributed by atoms with Crippen molar-refractivity contribution < 1.29 is 9.53 Å². The Bertz CT molecular complexity index is 459. The van der Waals surface area contributed by atoms with Crippen molar-refractivity contribution in [3.8, 4) is 6.07 Å². The Morgan fingerprint density at radius 2 is 2.44 bits per heavy atom. The molecular weight excluding hydrogens is 228 g/mol. The molecule has 1 aliphatic heterocycles. The smallest absolute Gasteiger partial charge is 0.222 e. The predicted octanol–water partition coefficient (Wildman–Crippen LogP) is 1.74. The van der Waals surface area contributed by atoms with Gasteiger partial charge in [-0.15, -0.1) is 0 Å². The normalized spacial score (nSPS) is 18.3. The van der Waals surface area contributed by atoms with Crippen LogP contribution in [-0.2, 0) is 16.1 Å². The van der Waals surface area contributed by atoms with Crippen molar-refractivity contribution in [2.24, 2.45) is 0 Å². The van der Waals surface area contributed by atoms with Gasteiger partial charge in [-0.25, -0.2) is 0 Å². The summed E-state index contributed by atoms with van der Waals surface area (Å²) in [5.41, 5.74) is 1.55. The van der Waals surface area contributed by atoms with E-state index in [1.165, 1.54) is 0 Å². The van der Waals surface area contributed by atoms with Gasteiger partial charge < -0.3 is 10.1 Å². The largest absolute Gasteiger partial charge is 0.378 e. The van der Waals surface area contributed by atoms with E-state index >= 15 is 0 Å². The molecule has 1 saturated heterocycles. The van der Waals surface area contributed by atoms with Gasteiger partial charge in [0, 0.05) is 13.2 Å². The summed E-state index contributed by atoms with van der Waals surface area (Å²) in [6, 6.07) is 9.33. The first-order valence-electron chi connectivity index (χ1n) is 6.15. The second-order valence-electron chi connectivity index (χ2n) is 4.43. The standard InChI is InChI=1S/C14H16N2O2/c15-9-11-3-1-4-12(7-11)10-16-14(17)8-13-5-2-6-18-13/h1,3-4,7,13H,2,5-6,8,10H2,(H,16,17). The zero-order chi connectivity index (χ0) is 12.8. The lowest BCUT2D eigenvalue weighted by Gasteiger charge is -2.09. The van der Waals surface area contributed by atoms with E-state index in [4.69, 9.17) is 10.00 Å². The fraction of sp³-hybridized carbons (Fsp3) is 0.429. The Labute approximate surface area is 107 Å². The monoisotopic (exact) mass is 244 g/mol. The maximum absolute atomic E-state index is 11.7. The molecule has 1 unspecified atom stereocenters. The average molecular weight is 244 g/mol. The zero-order valence-electron chi connectivity index (χ0n) is 10.2. The van der Waals surface area contributed by atoms with Crippen LogP contribution >= 0.6 is 0 Å². The molecule has 0 aliphatic carbocycles. The molecule has 1 atom stereocenters. The number of carbonyl (C=O) groups excluding carboxylic acids is 1. The third kappa shape index (κ3) is 3.57. The molecule has 1 aromatic carbocycles. The van der Waals surface area contributed by atoms with Crippen molar-refractivity contribution in [3.63, 3.8) is 0 Å². The third-order valence-corrected chi connectivity index (χ3v) is 2.98. The van der Waals surface area contributed by atoms with Gasteiger partial charge >= 0.3 is 0 Å². The van der Waals surface area contributed by atoms with E-state index in [0.717, 1.165) is 25.0 Å². The van der Waals surface area contributed by atoms with E-state index < -0.39 is 0 Å². The summed E-state index contributed by atoms with van der Waals surface area (Å²) in [7, 11) is 0. The molecule has 1 N–H and O–H groups in total. The van der Waals surface area contributed by atoms with Crippen LogP contribution in [0.3, 0.4) is 0 Å². The number of hydrogen-bond acceptors (Lipinski definition) is 3. The van der Waals surface area contributed by atoms with Crippen LogP contribution in [0.4, 0.5) is 0 Å². The number of nitriles is 1. The number of nitrogens with zero attached hydrogens (tertiary/aromatic N) is 1. The van der Waals surface area contributed by atoms with Gasteiger partial charge in [0.15, 0.2) is 0 Å². The molecule has 4 heteroatoms. The summed E-state index contributed by atoms with van der Waals surface area (Å²) >= 11 is 0. The summed E-state index contributed by atoms with van der Waals surface area (Å²) in [6.07, 6.45) is 2.52. The number of benzene rings is 1. The summed E-state index contributed by atoms with van der Waals surface area (Å²) in [5, 5.41) is 11.6. The topological polar surface area (TPSA) is 62.1 Å². The quantitative estimate of drug-likeness (QED) is 0.877. The lowest BCUT2D eigenvalue weighted by molar-refractivity contribution is -0.123. The highest BCUT2D eigenvalue weighted by molar-refractivity contribution is 5.76. The molecule has 4 nitrogen and oxygen atoms in total. The molecule has 0 saturated carbocycles. The highest BCUT2D eigenvalue weighted by Gasteiger charge is 2.18. The fourth-order valence-corrected chi connectivity index (χ4v) is 2.04. The van der Waals surface area contributed by atoms with Crippen LogP contribution in [0.1, 0.15) is 30.4 Å². The molecule has 1 amide bonds. The molecule has 94 valence electrons. The number of carbonyl (C=O) groups is 1. The molecule has 0 aromatic heterocycles. The minimum Gasteiger partial charge on any atom is -0.378 e. The van der Waals surface area contributed by atoms with Gasteiger partial charge in [0.1, 0.15) is 0 Å². The Morgan fingerprint density at radius 3 is 3.17 bits per heavy atom. The van der Waals surface area contributed by atoms with Gasteiger partial charge in [-0.2, -0.15) is 5.26 Å². The van der Waals surface area contributed by atoms with Crippen LogP contribution in [0.2, 0.25) is 0 Å². The number of rotatable bonds is 4. The minimum atomic E-state index is 0.00395. The average Bonchev–Trinajstić information content (AvgIpc) is 2.89. The molecule has 2 rings (SSSR count). The van der Waals surface area contributed by atoms with E-state index in [2.05, 4.69) is 11.4 Å². The molecule has 18 heavy (non-hydrogen) atoms. The molecular formula is C14H16N2O2. The summed E-state index contributed by atoms with van der Waals surface area (Å²) < 4.78 is 5.41. The van der Waals surface area contributed by atoms with Crippen LogP contribution in [0.25, 0.3) is 0 Å². The molecule has 1 aromatic rings. The highest BCUT2D eigenvalue weighted by atomic mass is 16.5. The number of nitrogens with one attached hydrogen (secondary N) is 1. The van der Waals surface area contributed by atoms with Crippen molar-refractivity contribution in [1.29, 1.82) is 5.26 Å². The fourth-order valence-electron chi connectivity index (χ4n) is 2.04. The van der Waals surface area contributed by atoms with E-state index in [9.17, 15) is 4.79 Å². The molecule has 0 spiro atoms. The lowest BCUT2D eigenvalue weighted by Crippen LogP contribution is -2.26. The maximum atomic E-state index is 11.7. The van der Waals surface area contributed by atoms with Gasteiger partial charge in [0.05, 0.1) is 24.2 Å². The molecule has 0 bridgehead atoms. The number of ether oxygens (including phenoxy) is 1. The Morgan fingerprint density at radius 1 is 1.56 bits per heavy atom. The summed E-state index contributed by atoms with van der Waals surface area (Å²) in [5.74, 6) is 0.00395. The lowest BCUT2D eigenvalue weighted by atomic mass is 10.1. The van der Waals surface area contributed by atoms with E-state index in [-0.39, 0.29) is 12.0 Å². The van der Waals surface area contributed by atoms with Crippen LogP contribution in [0.5, 0.6) is 0 Å². The van der Waals surface area contributed by atoms with Crippen molar-refractivity contribution in [2.75, 3.05) is 6.61 Å². The first kappa shape index (κ1) is 12.6. The molecule has 1 aliphatic rings. The van der Waals surface area contributed by atoms with E-state index in [1.54, 1.807) is 12.1 Å².